The van der Waals surface area contributed by atoms with Crippen molar-refractivity contribution in [3.63, 3.8) is 0 Å². The van der Waals surface area contributed by atoms with Gasteiger partial charge in [0.2, 0.25) is 5.89 Å². The standard InChI is InChI=1S/C14H16N2O2S/c1-8-2-3-12(19-8)10-6-11(10)14-15-13(16-18-14)9-4-5-17-7-9/h2-3,9-11H,4-7H2,1H3/t9-,10-,11-/m1/s1. The van der Waals surface area contributed by atoms with Crippen LogP contribution in [0.15, 0.2) is 16.7 Å². The first-order valence-corrected chi connectivity index (χ1v) is 7.60. The first-order valence-electron chi connectivity index (χ1n) is 6.79. The quantitative estimate of drug-likeness (QED) is 0.863. The summed E-state index contributed by atoms with van der Waals surface area (Å²) in [5, 5.41) is 4.13. The molecule has 4 rings (SSSR count). The maximum Gasteiger partial charge on any atom is 0.230 e. The maximum absolute atomic E-state index is 5.45. The van der Waals surface area contributed by atoms with E-state index in [-0.39, 0.29) is 0 Å². The maximum atomic E-state index is 5.45. The van der Waals surface area contributed by atoms with Gasteiger partial charge in [0.05, 0.1) is 6.61 Å². The van der Waals surface area contributed by atoms with Gasteiger partial charge in [0.1, 0.15) is 0 Å². The molecule has 1 saturated carbocycles. The Labute approximate surface area is 115 Å². The van der Waals surface area contributed by atoms with Crippen molar-refractivity contribution in [3.05, 3.63) is 33.6 Å². The van der Waals surface area contributed by atoms with Crippen molar-refractivity contribution in [1.29, 1.82) is 0 Å². The molecule has 2 aromatic rings. The highest BCUT2D eigenvalue weighted by atomic mass is 32.1. The van der Waals surface area contributed by atoms with Gasteiger partial charge < -0.3 is 9.26 Å². The summed E-state index contributed by atoms with van der Waals surface area (Å²) in [6.07, 6.45) is 2.15. The molecular weight excluding hydrogens is 260 g/mol. The van der Waals surface area contributed by atoms with Crippen LogP contribution < -0.4 is 0 Å². The van der Waals surface area contributed by atoms with Crippen molar-refractivity contribution in [2.45, 2.75) is 37.5 Å². The Hall–Kier alpha value is -1.20. The van der Waals surface area contributed by atoms with Gasteiger partial charge in [-0.1, -0.05) is 5.16 Å². The summed E-state index contributed by atoms with van der Waals surface area (Å²) in [4.78, 5) is 7.40. The highest BCUT2D eigenvalue weighted by Gasteiger charge is 2.44. The SMILES string of the molecule is Cc1ccc([C@@H]2C[C@H]2c2nc([C@@H]3CCOC3)no2)s1. The second kappa shape index (κ2) is 4.42. The topological polar surface area (TPSA) is 48.2 Å². The monoisotopic (exact) mass is 276 g/mol. The molecule has 1 aliphatic carbocycles. The lowest BCUT2D eigenvalue weighted by Gasteiger charge is -1.97. The van der Waals surface area contributed by atoms with Crippen LogP contribution >= 0.6 is 11.3 Å². The zero-order valence-corrected chi connectivity index (χ0v) is 11.7. The van der Waals surface area contributed by atoms with Crippen molar-refractivity contribution in [3.8, 4) is 0 Å². The third kappa shape index (κ3) is 2.11. The highest BCUT2D eigenvalue weighted by Crippen LogP contribution is 2.55. The number of ether oxygens (including phenoxy) is 1. The lowest BCUT2D eigenvalue weighted by molar-refractivity contribution is 0.192. The molecule has 5 heteroatoms. The van der Waals surface area contributed by atoms with E-state index in [4.69, 9.17) is 9.26 Å². The van der Waals surface area contributed by atoms with Gasteiger partial charge in [-0.15, -0.1) is 11.3 Å². The second-order valence-electron chi connectivity index (χ2n) is 5.45. The van der Waals surface area contributed by atoms with Crippen LogP contribution in [-0.4, -0.2) is 23.4 Å². The number of nitrogens with zero attached hydrogens (tertiary/aromatic N) is 2. The van der Waals surface area contributed by atoms with Crippen molar-refractivity contribution < 1.29 is 9.26 Å². The summed E-state index contributed by atoms with van der Waals surface area (Å²) in [5.74, 6) is 3.01. The van der Waals surface area contributed by atoms with Crippen LogP contribution in [0.1, 0.15) is 52.1 Å². The molecule has 0 aromatic carbocycles. The van der Waals surface area contributed by atoms with E-state index in [1.54, 1.807) is 0 Å². The molecule has 2 aromatic heterocycles. The van der Waals surface area contributed by atoms with Crippen LogP contribution in [0.3, 0.4) is 0 Å². The molecule has 3 atom stereocenters. The molecule has 0 amide bonds. The summed E-state index contributed by atoms with van der Waals surface area (Å²) in [5.41, 5.74) is 0. The first-order chi connectivity index (χ1) is 9.31. The predicted octanol–water partition coefficient (Wildman–Crippen LogP) is 3.21. The molecule has 0 bridgehead atoms. The van der Waals surface area contributed by atoms with Crippen LogP contribution in [0, 0.1) is 6.92 Å². The average Bonchev–Trinajstić information content (AvgIpc) is 2.86. The van der Waals surface area contributed by atoms with Gasteiger partial charge in [0.25, 0.3) is 0 Å². The minimum Gasteiger partial charge on any atom is -0.381 e. The van der Waals surface area contributed by atoms with E-state index in [9.17, 15) is 0 Å². The van der Waals surface area contributed by atoms with E-state index >= 15 is 0 Å². The lowest BCUT2D eigenvalue weighted by Crippen LogP contribution is -1.99. The van der Waals surface area contributed by atoms with Crippen molar-refractivity contribution >= 4 is 11.3 Å². The molecular formula is C14H16N2O2S. The molecule has 4 nitrogen and oxygen atoms in total. The molecule has 100 valence electrons. The van der Waals surface area contributed by atoms with Gasteiger partial charge in [-0.3, -0.25) is 0 Å². The Morgan fingerprint density at radius 2 is 2.26 bits per heavy atom. The number of hydrogen-bond donors (Lipinski definition) is 0. The highest BCUT2D eigenvalue weighted by molar-refractivity contribution is 7.12. The number of aryl methyl sites for hydroxylation is 1. The predicted molar refractivity (Wildman–Crippen MR) is 71.6 cm³/mol. The Kier molecular flexibility index (Phi) is 2.70. The Morgan fingerprint density at radius 1 is 1.32 bits per heavy atom. The smallest absolute Gasteiger partial charge is 0.230 e. The minimum atomic E-state index is 0.332. The lowest BCUT2D eigenvalue weighted by atomic mass is 10.1. The Bertz CT molecular complexity index is 586. The molecule has 0 spiro atoms. The van der Waals surface area contributed by atoms with Gasteiger partial charge in [0.15, 0.2) is 5.82 Å². The number of thiophene rings is 1. The summed E-state index contributed by atoms with van der Waals surface area (Å²) in [7, 11) is 0. The molecule has 2 aliphatic rings. The molecule has 3 heterocycles. The fraction of sp³-hybridized carbons (Fsp3) is 0.571. The van der Waals surface area contributed by atoms with E-state index in [2.05, 4.69) is 29.2 Å². The fourth-order valence-corrected chi connectivity index (χ4v) is 3.79. The van der Waals surface area contributed by atoms with Crippen LogP contribution in [-0.2, 0) is 4.74 Å². The molecule has 0 radical (unpaired) electrons. The minimum absolute atomic E-state index is 0.332. The number of hydrogen-bond acceptors (Lipinski definition) is 5. The average molecular weight is 276 g/mol. The summed E-state index contributed by atoms with van der Waals surface area (Å²) >= 11 is 1.88. The summed E-state index contributed by atoms with van der Waals surface area (Å²) in [6, 6.07) is 4.41. The largest absolute Gasteiger partial charge is 0.381 e. The third-order valence-corrected chi connectivity index (χ3v) is 5.12. The Balaban J connectivity index is 1.49. The molecule has 0 unspecified atom stereocenters. The van der Waals surface area contributed by atoms with Gasteiger partial charge in [-0.25, -0.2) is 0 Å². The normalized spacial score (nSPS) is 29.8. The van der Waals surface area contributed by atoms with E-state index in [1.807, 2.05) is 11.3 Å². The van der Waals surface area contributed by atoms with E-state index < -0.39 is 0 Å². The second-order valence-corrected chi connectivity index (χ2v) is 6.77. The zero-order chi connectivity index (χ0) is 12.8. The van der Waals surface area contributed by atoms with Crippen LogP contribution in [0.25, 0.3) is 0 Å². The molecule has 1 saturated heterocycles. The summed E-state index contributed by atoms with van der Waals surface area (Å²) in [6.45, 7) is 3.70. The Morgan fingerprint density at radius 3 is 3.00 bits per heavy atom. The third-order valence-electron chi connectivity index (χ3n) is 3.99. The number of rotatable bonds is 3. The van der Waals surface area contributed by atoms with Crippen LogP contribution in [0.4, 0.5) is 0 Å². The zero-order valence-electron chi connectivity index (χ0n) is 10.8. The van der Waals surface area contributed by atoms with Gasteiger partial charge in [-0.2, -0.15) is 4.98 Å². The van der Waals surface area contributed by atoms with Crippen molar-refractivity contribution in [2.24, 2.45) is 0 Å². The van der Waals surface area contributed by atoms with Crippen LogP contribution in [0.2, 0.25) is 0 Å². The first kappa shape index (κ1) is 11.6. The molecule has 1 aliphatic heterocycles. The van der Waals surface area contributed by atoms with Gasteiger partial charge >= 0.3 is 0 Å². The van der Waals surface area contributed by atoms with Gasteiger partial charge in [0, 0.05) is 34.1 Å². The fourth-order valence-electron chi connectivity index (χ4n) is 2.74. The molecule has 2 fully saturated rings. The molecule has 0 N–H and O–H groups in total. The van der Waals surface area contributed by atoms with Gasteiger partial charge in [-0.05, 0) is 31.9 Å². The number of aromatic nitrogens is 2. The van der Waals surface area contributed by atoms with Crippen LogP contribution in [0.5, 0.6) is 0 Å². The van der Waals surface area contributed by atoms with Crippen molar-refractivity contribution in [2.75, 3.05) is 13.2 Å². The molecule has 19 heavy (non-hydrogen) atoms. The summed E-state index contributed by atoms with van der Waals surface area (Å²) < 4.78 is 10.8. The van der Waals surface area contributed by atoms with Crippen molar-refractivity contribution in [1.82, 2.24) is 10.1 Å². The van der Waals surface area contributed by atoms with E-state index in [0.29, 0.717) is 17.8 Å². The van der Waals surface area contributed by atoms with E-state index in [0.717, 1.165) is 37.8 Å². The van der Waals surface area contributed by atoms with E-state index in [1.165, 1.54) is 9.75 Å².